The summed E-state index contributed by atoms with van der Waals surface area (Å²) in [5.74, 6) is -16.3. The molecule has 1 aromatic carbocycles. The average molecular weight is 1540 g/mol. The third-order valence-electron chi connectivity index (χ3n) is 19.0. The summed E-state index contributed by atoms with van der Waals surface area (Å²) in [4.78, 5) is 227. The minimum Gasteiger partial charge on any atom is -0.508 e. The van der Waals surface area contributed by atoms with Crippen LogP contribution >= 0.6 is 11.8 Å². The van der Waals surface area contributed by atoms with Gasteiger partial charge in [-0.2, -0.15) is 11.8 Å². The molecule has 0 radical (unpaired) electrons. The van der Waals surface area contributed by atoms with Gasteiger partial charge in [0.15, 0.2) is 5.96 Å². The zero-order chi connectivity index (χ0) is 80.6. The number of aromatic hydroxyl groups is 1. The maximum Gasteiger partial charge on any atom is 0.326 e. The molecule has 0 unspecified atom stereocenters. The Morgan fingerprint density at radius 2 is 1.01 bits per heavy atom. The Morgan fingerprint density at radius 1 is 0.528 bits per heavy atom. The lowest BCUT2D eigenvalue weighted by Gasteiger charge is -2.33. The number of nitrogens with two attached hydrogens (primary N) is 6. The molecule has 24 N–H and O–H groups in total. The van der Waals surface area contributed by atoms with Gasteiger partial charge in [0.1, 0.15) is 78.3 Å². The number of primary amides is 2. The van der Waals surface area contributed by atoms with Crippen molar-refractivity contribution in [3.05, 3.63) is 29.8 Å². The highest BCUT2D eigenvalue weighted by molar-refractivity contribution is 7.98. The summed E-state index contributed by atoms with van der Waals surface area (Å²) in [5, 5.41) is 53.1. The van der Waals surface area contributed by atoms with E-state index in [0.717, 1.165) is 0 Å². The van der Waals surface area contributed by atoms with Crippen LogP contribution in [0.4, 0.5) is 0 Å². The fraction of sp³-hybridized carbons (Fsp3) is 0.667. The van der Waals surface area contributed by atoms with E-state index in [1.165, 1.54) is 57.7 Å². The summed E-state index contributed by atoms with van der Waals surface area (Å²) < 4.78 is 0. The van der Waals surface area contributed by atoms with Gasteiger partial charge in [-0.15, -0.1) is 0 Å². The van der Waals surface area contributed by atoms with E-state index in [4.69, 9.17) is 34.4 Å². The van der Waals surface area contributed by atoms with Crippen LogP contribution in [0.25, 0.3) is 0 Å². The number of nitrogens with zero attached hydrogens (tertiary/aromatic N) is 4. The first-order valence-corrected chi connectivity index (χ1v) is 37.9. The number of nitrogens with one attached hydrogen (secondary N) is 9. The summed E-state index contributed by atoms with van der Waals surface area (Å²) in [7, 11) is 0. The number of aliphatic carboxylic acids is 2. The number of phenolic OH excluding ortho intramolecular Hbond substituents is 1. The number of thioether (sulfide) groups is 1. The number of hydrogen-bond acceptors (Lipinski definition) is 21. The number of carboxylic acids is 2. The number of guanidine groups is 1. The largest absolute Gasteiger partial charge is 0.508 e. The van der Waals surface area contributed by atoms with Gasteiger partial charge < -0.3 is 112 Å². The Labute approximate surface area is 631 Å². The highest BCUT2D eigenvalue weighted by Crippen LogP contribution is 2.26. The van der Waals surface area contributed by atoms with Gasteiger partial charge in [0, 0.05) is 45.4 Å². The molecule has 3 saturated heterocycles. The second kappa shape index (κ2) is 45.0. The first-order valence-electron chi connectivity index (χ1n) is 36.5. The summed E-state index contributed by atoms with van der Waals surface area (Å²) >= 11 is 1.28. The number of carbonyl (C=O) groups excluding carboxylic acids is 14. The first-order chi connectivity index (χ1) is 51.0. The number of amides is 14. The Bertz CT molecular complexity index is 3360. The predicted molar refractivity (Wildman–Crippen MR) is 394 cm³/mol. The van der Waals surface area contributed by atoms with Crippen molar-refractivity contribution in [2.75, 3.05) is 44.7 Å². The number of rotatable bonds is 46. The molecule has 0 saturated carbocycles. The fourth-order valence-corrected chi connectivity index (χ4v) is 13.2. The van der Waals surface area contributed by atoms with Gasteiger partial charge in [-0.05, 0) is 138 Å². The van der Waals surface area contributed by atoms with Crippen LogP contribution in [0.15, 0.2) is 29.3 Å². The number of unbranched alkanes of at least 4 members (excludes halogenated alkanes) is 1. The Kier molecular flexibility index (Phi) is 37.7. The lowest BCUT2D eigenvalue weighted by molar-refractivity contribution is -0.145. The lowest BCUT2D eigenvalue weighted by atomic mass is 9.97. The fourth-order valence-electron chi connectivity index (χ4n) is 12.7. The lowest BCUT2D eigenvalue weighted by Crippen LogP contribution is -2.61. The smallest absolute Gasteiger partial charge is 0.326 e. The molecule has 3 fully saturated rings. The SMILES string of the molecule is CC[C@H](C)[C@H](NC(=O)[C@@H]1CCCN1C(=O)[C@H](CCSC)NC(=O)[C@H](CC(=O)O)NC(=O)[C@H](CCCN=C(N)N)NC(=O)[C@H](CCC(N)=O)NC(=O)[C@@H]1CCCN1C(=O)[C@H](Cc1ccc(O)cc1)NC(=O)[C@@H]1CCCN1C(=O)[C@@H](NC(=O)[C@H](C)NC(=O)[C@@H](N)CCCCN)C(C)C)C(=O)N[C@@H](CCC(N)=O)C(=O)O. The normalized spacial score (nSPS) is 18.5. The van der Waals surface area contributed by atoms with Crippen molar-refractivity contribution in [3.8, 4) is 5.75 Å². The van der Waals surface area contributed by atoms with Crippen LogP contribution < -0.4 is 82.3 Å². The molecule has 3 heterocycles. The van der Waals surface area contributed by atoms with Crippen LogP contribution in [0.3, 0.4) is 0 Å². The predicted octanol–water partition coefficient (Wildman–Crippen LogP) is -4.65. The number of phenols is 1. The third kappa shape index (κ3) is 28.7. The summed E-state index contributed by atoms with van der Waals surface area (Å²) in [6.07, 6.45) is 1.29. The molecule has 39 heteroatoms. The van der Waals surface area contributed by atoms with E-state index in [1.807, 2.05) is 0 Å². The monoisotopic (exact) mass is 1540 g/mol. The highest BCUT2D eigenvalue weighted by Gasteiger charge is 2.45. The zero-order valence-corrected chi connectivity index (χ0v) is 63.0. The summed E-state index contributed by atoms with van der Waals surface area (Å²) in [6, 6.07) is -12.2. The van der Waals surface area contributed by atoms with Crippen LogP contribution in [0, 0.1) is 11.8 Å². The van der Waals surface area contributed by atoms with E-state index >= 15 is 4.79 Å². The van der Waals surface area contributed by atoms with Crippen molar-refractivity contribution >= 4 is 112 Å². The molecule has 3 aliphatic rings. The van der Waals surface area contributed by atoms with Crippen LogP contribution in [0.5, 0.6) is 5.75 Å². The number of likely N-dealkylation sites (tertiary alicyclic amines) is 3. The van der Waals surface area contributed by atoms with Crippen molar-refractivity contribution in [1.82, 2.24) is 62.6 Å². The molecule has 602 valence electrons. The Balaban J connectivity index is 1.59. The maximum absolute atomic E-state index is 15.0. The van der Waals surface area contributed by atoms with Crippen molar-refractivity contribution in [2.24, 2.45) is 51.2 Å². The standard InChI is InChI=1S/C69H111N19O19S/c1-7-37(4)55(64(102)81-45(68(106)107)24-26-52(73)91)85-63(101)50-18-12-30-86(50)65(103)44(27-33-108-6)80-60(98)46(35-53(92)93)82-58(96)42(15-10-29-76-69(74)75)78-59(97)43(23-25-51(72)90)79-61(99)48-16-11-31-87(48)66(104)47(34-39-19-21-40(89)22-20-39)83-62(100)49-17-13-32-88(49)67(105)54(36(2)3)84-56(94)38(5)77-57(95)41(71)14-8-9-28-70/h19-22,36-38,41-50,54-55,89H,7-18,23-35,70-71H2,1-6H3,(H2,72,90)(H2,73,91)(H,77,95)(H,78,97)(H,79,99)(H,80,98)(H,81,102)(H,82,96)(H,83,100)(H,84,94)(H,85,101)(H,92,93)(H,106,107)(H4,74,75,76)/t37-,38-,41-,42-,43-,44-,45-,46-,47-,48-,49-,50-,54-,55-/m0/s1. The molecule has 3 aliphatic heterocycles. The van der Waals surface area contributed by atoms with E-state index < -0.39 is 204 Å². The Morgan fingerprint density at radius 3 is 1.51 bits per heavy atom. The molecule has 4 rings (SSSR count). The molecule has 14 amide bonds. The van der Waals surface area contributed by atoms with Crippen molar-refractivity contribution in [2.45, 2.75) is 235 Å². The number of carboxylic acid groups (broad SMARTS) is 2. The van der Waals surface area contributed by atoms with Crippen molar-refractivity contribution < 1.29 is 92.0 Å². The number of benzene rings is 1. The van der Waals surface area contributed by atoms with Gasteiger partial charge in [0.05, 0.1) is 12.5 Å². The Hall–Kier alpha value is -9.92. The zero-order valence-electron chi connectivity index (χ0n) is 62.2. The molecule has 1 aromatic rings. The van der Waals surface area contributed by atoms with Gasteiger partial charge >= 0.3 is 11.9 Å². The molecule has 0 spiro atoms. The van der Waals surface area contributed by atoms with E-state index in [2.05, 4.69) is 52.8 Å². The van der Waals surface area contributed by atoms with Crippen LogP contribution in [-0.4, -0.2) is 254 Å². The minimum atomic E-state index is -1.96. The quantitative estimate of drug-likeness (QED) is 0.0166. The average Bonchev–Trinajstić information content (AvgIpc) is 1.62. The van der Waals surface area contributed by atoms with Gasteiger partial charge in [-0.1, -0.05) is 52.7 Å². The van der Waals surface area contributed by atoms with Gasteiger partial charge in [-0.3, -0.25) is 76.9 Å². The third-order valence-corrected chi connectivity index (χ3v) is 19.7. The topological polar surface area (TPSA) is 620 Å². The summed E-state index contributed by atoms with van der Waals surface area (Å²) in [5.41, 5.74) is 33.9. The van der Waals surface area contributed by atoms with Gasteiger partial charge in [0.2, 0.25) is 82.7 Å². The molecule has 38 nitrogen and oxygen atoms in total. The first kappa shape index (κ1) is 90.5. The molecular weight excluding hydrogens is 1430 g/mol. The van der Waals surface area contributed by atoms with Gasteiger partial charge in [-0.25, -0.2) is 4.79 Å². The second-order valence-corrected chi connectivity index (χ2v) is 28.7. The molecule has 108 heavy (non-hydrogen) atoms. The number of aliphatic imine (C=N–C) groups is 1. The molecule has 0 aliphatic carbocycles. The second-order valence-electron chi connectivity index (χ2n) is 27.7. The highest BCUT2D eigenvalue weighted by atomic mass is 32.2. The van der Waals surface area contributed by atoms with E-state index in [0.29, 0.717) is 44.2 Å². The number of carbonyl (C=O) groups is 16. The summed E-state index contributed by atoms with van der Waals surface area (Å²) in [6.45, 7) is 8.48. The number of hydrogen-bond donors (Lipinski definition) is 18. The van der Waals surface area contributed by atoms with E-state index in [1.54, 1.807) is 34.0 Å². The minimum absolute atomic E-state index is 0.00952. The molecular formula is C69H111N19O19S. The van der Waals surface area contributed by atoms with E-state index in [-0.39, 0.29) is 114 Å². The van der Waals surface area contributed by atoms with Crippen molar-refractivity contribution in [3.63, 3.8) is 0 Å². The van der Waals surface area contributed by atoms with Crippen LogP contribution in [0.2, 0.25) is 0 Å². The van der Waals surface area contributed by atoms with Crippen LogP contribution in [-0.2, 0) is 83.1 Å². The van der Waals surface area contributed by atoms with Crippen LogP contribution in [0.1, 0.15) is 156 Å². The molecule has 0 aromatic heterocycles. The van der Waals surface area contributed by atoms with E-state index in [9.17, 15) is 87.2 Å². The maximum atomic E-state index is 15.0. The van der Waals surface area contributed by atoms with Crippen molar-refractivity contribution in [1.29, 1.82) is 0 Å². The van der Waals surface area contributed by atoms with Gasteiger partial charge in [0.25, 0.3) is 0 Å². The molecule has 14 atom stereocenters. The molecule has 0 bridgehead atoms.